The van der Waals surface area contributed by atoms with E-state index >= 15 is 0 Å². The van der Waals surface area contributed by atoms with Gasteiger partial charge in [0.25, 0.3) is 0 Å². The van der Waals surface area contributed by atoms with Crippen molar-refractivity contribution in [1.29, 1.82) is 0 Å². The highest BCUT2D eigenvalue weighted by molar-refractivity contribution is 5.86. The number of benzene rings is 1. The van der Waals surface area contributed by atoms with Crippen LogP contribution in [-0.2, 0) is 6.54 Å². The van der Waals surface area contributed by atoms with E-state index in [2.05, 4.69) is 4.99 Å². The number of aliphatic hydroxyl groups is 9. The molecule has 0 aromatic heterocycles. The smallest absolute Gasteiger partial charge is 0.0745 e. The van der Waals surface area contributed by atoms with Crippen LogP contribution in [0.15, 0.2) is 59.6 Å². The first-order valence-electron chi connectivity index (χ1n) is 17.0. The molecule has 0 amide bonds. The van der Waals surface area contributed by atoms with Gasteiger partial charge in [0.2, 0.25) is 0 Å². The molecular weight excluding hydrogens is 604 g/mol. The van der Waals surface area contributed by atoms with Crippen LogP contribution in [0.2, 0.25) is 0 Å². The molecule has 0 aliphatic rings. The van der Waals surface area contributed by atoms with Crippen molar-refractivity contribution in [2.45, 2.75) is 146 Å². The first-order chi connectivity index (χ1) is 22.3. The van der Waals surface area contributed by atoms with Crippen molar-refractivity contribution >= 4 is 5.71 Å². The largest absolute Gasteiger partial charge is 0.393 e. The molecular formula is C36H62N2O9. The van der Waals surface area contributed by atoms with E-state index in [1.807, 2.05) is 44.2 Å². The Balaban J connectivity index is 2.33. The molecule has 11 nitrogen and oxygen atoms in total. The fourth-order valence-electron chi connectivity index (χ4n) is 5.29. The molecule has 1 aromatic carbocycles. The lowest BCUT2D eigenvalue weighted by Gasteiger charge is -2.20. The van der Waals surface area contributed by atoms with E-state index in [0.717, 1.165) is 11.3 Å². The lowest BCUT2D eigenvalue weighted by atomic mass is 9.96. The second-order valence-electron chi connectivity index (χ2n) is 13.0. The minimum atomic E-state index is -1.01. The van der Waals surface area contributed by atoms with E-state index in [1.54, 1.807) is 12.2 Å². The number of hydrogen-bond acceptors (Lipinski definition) is 11. The van der Waals surface area contributed by atoms with Gasteiger partial charge >= 0.3 is 0 Å². The lowest BCUT2D eigenvalue weighted by Crippen LogP contribution is -2.26. The summed E-state index contributed by atoms with van der Waals surface area (Å²) in [6, 6.07) is 9.84. The topological polar surface area (TPSA) is 220 Å². The Labute approximate surface area is 280 Å². The summed E-state index contributed by atoms with van der Waals surface area (Å²) in [6.45, 7) is 5.02. The maximum atomic E-state index is 10.5. The van der Waals surface area contributed by atoms with E-state index in [-0.39, 0.29) is 57.3 Å². The van der Waals surface area contributed by atoms with Gasteiger partial charge in [-0.2, -0.15) is 0 Å². The highest BCUT2D eigenvalue weighted by atomic mass is 16.3. The molecule has 0 aliphatic heterocycles. The molecule has 47 heavy (non-hydrogen) atoms. The van der Waals surface area contributed by atoms with Gasteiger partial charge in [0, 0.05) is 25.0 Å². The van der Waals surface area contributed by atoms with Crippen molar-refractivity contribution < 1.29 is 46.0 Å². The molecule has 9 atom stereocenters. The predicted octanol–water partition coefficient (Wildman–Crippen LogP) is 1.89. The van der Waals surface area contributed by atoms with Gasteiger partial charge in [0.1, 0.15) is 0 Å². The van der Waals surface area contributed by atoms with Crippen LogP contribution in [0.5, 0.6) is 0 Å². The Morgan fingerprint density at radius 2 is 1.11 bits per heavy atom. The lowest BCUT2D eigenvalue weighted by molar-refractivity contribution is 0.0260. The zero-order chi connectivity index (χ0) is 35.2. The Bertz CT molecular complexity index is 1010. The van der Waals surface area contributed by atoms with Gasteiger partial charge in [0.05, 0.1) is 61.5 Å². The van der Waals surface area contributed by atoms with Gasteiger partial charge in [-0.3, -0.25) is 4.99 Å². The van der Waals surface area contributed by atoms with Crippen LogP contribution in [0.3, 0.4) is 0 Å². The second-order valence-corrected chi connectivity index (χ2v) is 13.0. The van der Waals surface area contributed by atoms with E-state index in [4.69, 9.17) is 5.73 Å². The van der Waals surface area contributed by atoms with E-state index in [1.165, 1.54) is 12.2 Å². The van der Waals surface area contributed by atoms with E-state index in [9.17, 15) is 46.0 Å². The normalized spacial score (nSPS) is 18.7. The number of nitrogens with two attached hydrogens (primary N) is 1. The summed E-state index contributed by atoms with van der Waals surface area (Å²) in [5.74, 6) is 0.144. The molecule has 0 bridgehead atoms. The third-order valence-corrected chi connectivity index (χ3v) is 7.90. The van der Waals surface area contributed by atoms with Gasteiger partial charge < -0.3 is 51.7 Å². The number of nitrogens with zero attached hydrogens (tertiary/aromatic N) is 1. The number of aliphatic hydroxyl groups excluding tert-OH is 9. The first kappa shape index (κ1) is 43.0. The molecule has 0 heterocycles. The maximum Gasteiger partial charge on any atom is 0.0745 e. The average molecular weight is 667 g/mol. The van der Waals surface area contributed by atoms with Crippen molar-refractivity contribution in [3.63, 3.8) is 0 Å². The molecule has 1 aromatic rings. The van der Waals surface area contributed by atoms with Crippen LogP contribution in [0.25, 0.3) is 0 Å². The standard InChI is InChI=1S/C36H62N2O9/c1-25(2)36(38-24-26-9-4-3-5-10-26)23-35(47)22-34(46)20-30(42)14-7-13-29(41)19-33(45)21-32(44)18-28(40)12-6-11-27(39)17-31(43)15-8-16-37/h3-7,9-10,12,14,25,27-35,39-47H,8,11,13,15-24,37H2,1-2H3/b12-6+,14-7+,38-36?. The number of hydrogen-bond donors (Lipinski definition) is 10. The highest BCUT2D eigenvalue weighted by Crippen LogP contribution is 2.16. The van der Waals surface area contributed by atoms with Crippen molar-refractivity contribution in [2.75, 3.05) is 6.54 Å². The SMILES string of the molecule is CC(C)C(CC(O)CC(O)CC(O)/C=C/CC(O)CC(O)CC(O)CC(O)/C=C/CC(O)CC(O)CCCN)=NCc1ccccc1. The van der Waals surface area contributed by atoms with Crippen LogP contribution >= 0.6 is 0 Å². The second kappa shape index (κ2) is 25.0. The molecule has 0 spiro atoms. The minimum absolute atomic E-state index is 0.0130. The van der Waals surface area contributed by atoms with E-state index < -0.39 is 54.9 Å². The van der Waals surface area contributed by atoms with Gasteiger partial charge in [-0.25, -0.2) is 0 Å². The van der Waals surface area contributed by atoms with Crippen LogP contribution in [0, 0.1) is 5.92 Å². The summed E-state index contributed by atoms with van der Waals surface area (Å²) in [5.41, 5.74) is 7.35. The fourth-order valence-corrected chi connectivity index (χ4v) is 5.29. The van der Waals surface area contributed by atoms with Crippen LogP contribution < -0.4 is 5.73 Å². The predicted molar refractivity (Wildman–Crippen MR) is 185 cm³/mol. The highest BCUT2D eigenvalue weighted by Gasteiger charge is 2.20. The van der Waals surface area contributed by atoms with Crippen LogP contribution in [0.4, 0.5) is 0 Å². The van der Waals surface area contributed by atoms with Crippen molar-refractivity contribution in [3.05, 3.63) is 60.2 Å². The van der Waals surface area contributed by atoms with Gasteiger partial charge in [0.15, 0.2) is 0 Å². The zero-order valence-corrected chi connectivity index (χ0v) is 28.2. The Kier molecular flexibility index (Phi) is 22.9. The van der Waals surface area contributed by atoms with Crippen LogP contribution in [-0.4, -0.2) is 113 Å². The third kappa shape index (κ3) is 22.3. The van der Waals surface area contributed by atoms with Crippen molar-refractivity contribution in [3.8, 4) is 0 Å². The Hall–Kier alpha value is -2.03. The first-order valence-corrected chi connectivity index (χ1v) is 17.0. The molecule has 9 unspecified atom stereocenters. The van der Waals surface area contributed by atoms with Crippen molar-refractivity contribution in [2.24, 2.45) is 16.6 Å². The van der Waals surface area contributed by atoms with E-state index in [0.29, 0.717) is 32.4 Å². The Morgan fingerprint density at radius 3 is 1.62 bits per heavy atom. The summed E-state index contributed by atoms with van der Waals surface area (Å²) in [5, 5.41) is 92.0. The van der Waals surface area contributed by atoms with Gasteiger partial charge in [-0.05, 0) is 69.4 Å². The molecule has 11 heteroatoms. The Morgan fingerprint density at radius 1 is 0.638 bits per heavy atom. The molecule has 0 radical (unpaired) electrons. The van der Waals surface area contributed by atoms with Gasteiger partial charge in [-0.15, -0.1) is 0 Å². The number of rotatable bonds is 26. The third-order valence-electron chi connectivity index (χ3n) is 7.90. The summed E-state index contributed by atoms with van der Waals surface area (Å²) in [7, 11) is 0. The fraction of sp³-hybridized carbons (Fsp3) is 0.694. The minimum Gasteiger partial charge on any atom is -0.393 e. The zero-order valence-electron chi connectivity index (χ0n) is 28.2. The summed E-state index contributed by atoms with van der Waals surface area (Å²) in [6.07, 6.45) is 0.161. The molecule has 270 valence electrons. The van der Waals surface area contributed by atoms with Gasteiger partial charge in [-0.1, -0.05) is 68.5 Å². The monoisotopic (exact) mass is 666 g/mol. The summed E-state index contributed by atoms with van der Waals surface area (Å²) < 4.78 is 0. The van der Waals surface area contributed by atoms with Crippen molar-refractivity contribution in [1.82, 2.24) is 0 Å². The summed E-state index contributed by atoms with van der Waals surface area (Å²) >= 11 is 0. The molecule has 0 aliphatic carbocycles. The maximum absolute atomic E-state index is 10.5. The molecule has 11 N–H and O–H groups in total. The molecule has 0 saturated carbocycles. The molecule has 0 saturated heterocycles. The van der Waals surface area contributed by atoms with Crippen LogP contribution in [0.1, 0.15) is 90.0 Å². The number of aliphatic imine (C=N–C) groups is 1. The quantitative estimate of drug-likeness (QED) is 0.0511. The summed E-state index contributed by atoms with van der Waals surface area (Å²) in [4.78, 5) is 4.67. The average Bonchev–Trinajstić information content (AvgIpc) is 2.98. The molecule has 1 rings (SSSR count). The molecule has 0 fully saturated rings.